The molecule has 1 amide bonds. The van der Waals surface area contributed by atoms with Crippen LogP contribution in [0.25, 0.3) is 5.69 Å². The van der Waals surface area contributed by atoms with E-state index in [9.17, 15) is 18.0 Å². The molecule has 6 nitrogen and oxygen atoms in total. The van der Waals surface area contributed by atoms with Crippen molar-refractivity contribution >= 4 is 17.7 Å². The quantitative estimate of drug-likeness (QED) is 0.558. The fourth-order valence-corrected chi connectivity index (χ4v) is 3.40. The first-order chi connectivity index (χ1) is 14.3. The number of ether oxygens (including phenoxy) is 1. The highest BCUT2D eigenvalue weighted by molar-refractivity contribution is 7.99. The van der Waals surface area contributed by atoms with Crippen LogP contribution in [0.5, 0.6) is 5.75 Å². The molecule has 0 saturated carbocycles. The molecule has 1 heterocycles. The lowest BCUT2D eigenvalue weighted by atomic mass is 10.2. The molecule has 158 valence electrons. The maximum atomic E-state index is 12.9. The number of thioether (sulfide) groups is 1. The maximum Gasteiger partial charge on any atom is 0.416 e. The topological polar surface area (TPSA) is 69.0 Å². The molecule has 0 bridgehead atoms. The first-order valence-electron chi connectivity index (χ1n) is 9.00. The lowest BCUT2D eigenvalue weighted by Gasteiger charge is -2.12. The number of methoxy groups -OCH3 is 1. The van der Waals surface area contributed by atoms with Crippen LogP contribution in [0.15, 0.2) is 53.7 Å². The van der Waals surface area contributed by atoms with Gasteiger partial charge in [0.1, 0.15) is 5.75 Å². The highest BCUT2D eigenvalue weighted by Gasteiger charge is 2.30. The van der Waals surface area contributed by atoms with Gasteiger partial charge in [0.25, 0.3) is 5.91 Å². The number of halogens is 3. The SMILES string of the molecule is CCSc1nnc(CNC(=O)c2ccc(OC)cc2)n1-c1ccc(C(F)(F)F)cc1. The zero-order valence-corrected chi connectivity index (χ0v) is 17.0. The monoisotopic (exact) mass is 436 g/mol. The average molecular weight is 436 g/mol. The third-order valence-corrected chi connectivity index (χ3v) is 5.00. The number of aromatic nitrogens is 3. The Morgan fingerprint density at radius 3 is 2.33 bits per heavy atom. The van der Waals surface area contributed by atoms with Gasteiger partial charge in [-0.25, -0.2) is 0 Å². The first kappa shape index (κ1) is 21.7. The number of nitrogens with zero attached hydrogens (tertiary/aromatic N) is 3. The Morgan fingerprint density at radius 1 is 1.10 bits per heavy atom. The van der Waals surface area contributed by atoms with Crippen molar-refractivity contribution in [1.82, 2.24) is 20.1 Å². The zero-order valence-electron chi connectivity index (χ0n) is 16.2. The van der Waals surface area contributed by atoms with E-state index in [0.717, 1.165) is 12.1 Å². The summed E-state index contributed by atoms with van der Waals surface area (Å²) in [5.74, 6) is 1.43. The molecular formula is C20H19F3N4O2S. The number of carbonyl (C=O) groups excluding carboxylic acids is 1. The molecule has 2 aromatic carbocycles. The van der Waals surface area contributed by atoms with Crippen LogP contribution in [-0.4, -0.2) is 33.5 Å². The number of hydrogen-bond acceptors (Lipinski definition) is 5. The normalized spacial score (nSPS) is 11.4. The first-order valence-corrected chi connectivity index (χ1v) is 9.99. The van der Waals surface area contributed by atoms with E-state index in [-0.39, 0.29) is 12.5 Å². The van der Waals surface area contributed by atoms with Crippen LogP contribution < -0.4 is 10.1 Å². The number of carbonyl (C=O) groups is 1. The van der Waals surface area contributed by atoms with Crippen LogP contribution in [0.1, 0.15) is 28.7 Å². The number of nitrogens with one attached hydrogen (secondary N) is 1. The third-order valence-electron chi connectivity index (χ3n) is 4.19. The lowest BCUT2D eigenvalue weighted by Crippen LogP contribution is -2.24. The molecule has 0 spiro atoms. The summed E-state index contributed by atoms with van der Waals surface area (Å²) < 4.78 is 45.3. The van der Waals surface area contributed by atoms with Crippen molar-refractivity contribution in [3.63, 3.8) is 0 Å². The molecule has 3 rings (SSSR count). The highest BCUT2D eigenvalue weighted by atomic mass is 32.2. The van der Waals surface area contributed by atoms with Crippen LogP contribution in [0.3, 0.4) is 0 Å². The van der Waals surface area contributed by atoms with Gasteiger partial charge in [-0.1, -0.05) is 18.7 Å². The number of amides is 1. The Labute approximate surface area is 175 Å². The predicted octanol–water partition coefficient (Wildman–Crippen LogP) is 4.34. The number of alkyl halides is 3. The largest absolute Gasteiger partial charge is 0.497 e. The molecule has 0 fully saturated rings. The van der Waals surface area contributed by atoms with E-state index in [4.69, 9.17) is 4.74 Å². The molecule has 10 heteroatoms. The Bertz CT molecular complexity index is 1000. The van der Waals surface area contributed by atoms with E-state index < -0.39 is 11.7 Å². The summed E-state index contributed by atoms with van der Waals surface area (Å²) in [6, 6.07) is 11.4. The fraction of sp³-hybridized carbons (Fsp3) is 0.250. The van der Waals surface area contributed by atoms with Crippen LogP contribution in [-0.2, 0) is 12.7 Å². The molecule has 0 saturated heterocycles. The summed E-state index contributed by atoms with van der Waals surface area (Å²) in [5.41, 5.74) is 0.190. The van der Waals surface area contributed by atoms with Gasteiger partial charge in [-0.3, -0.25) is 9.36 Å². The summed E-state index contributed by atoms with van der Waals surface area (Å²) in [5, 5.41) is 11.5. The molecule has 1 aromatic heterocycles. The van der Waals surface area contributed by atoms with E-state index in [0.29, 0.717) is 33.7 Å². The van der Waals surface area contributed by atoms with Gasteiger partial charge in [-0.15, -0.1) is 10.2 Å². The van der Waals surface area contributed by atoms with Gasteiger partial charge in [-0.05, 0) is 54.3 Å². The molecule has 30 heavy (non-hydrogen) atoms. The predicted molar refractivity (Wildman–Crippen MR) is 107 cm³/mol. The average Bonchev–Trinajstić information content (AvgIpc) is 3.14. The van der Waals surface area contributed by atoms with E-state index in [1.165, 1.54) is 31.0 Å². The van der Waals surface area contributed by atoms with E-state index >= 15 is 0 Å². The van der Waals surface area contributed by atoms with E-state index in [2.05, 4.69) is 15.5 Å². The van der Waals surface area contributed by atoms with Crippen LogP contribution in [0, 0.1) is 0 Å². The van der Waals surface area contributed by atoms with Crippen LogP contribution >= 0.6 is 11.8 Å². The van der Waals surface area contributed by atoms with Crippen molar-refractivity contribution in [3.05, 3.63) is 65.5 Å². The van der Waals surface area contributed by atoms with Gasteiger partial charge in [0.2, 0.25) is 0 Å². The number of hydrogen-bond donors (Lipinski definition) is 1. The molecule has 0 aliphatic heterocycles. The molecule has 3 aromatic rings. The molecule has 0 aliphatic rings. The second kappa shape index (κ2) is 9.21. The number of rotatable bonds is 7. The van der Waals surface area contributed by atoms with E-state index in [1.54, 1.807) is 28.8 Å². The summed E-state index contributed by atoms with van der Waals surface area (Å²) in [4.78, 5) is 12.4. The van der Waals surface area contributed by atoms with Gasteiger partial charge < -0.3 is 10.1 Å². The van der Waals surface area contributed by atoms with Crippen LogP contribution in [0.2, 0.25) is 0 Å². The molecule has 1 N–H and O–H groups in total. The molecule has 0 radical (unpaired) electrons. The van der Waals surface area contributed by atoms with Crippen molar-refractivity contribution in [1.29, 1.82) is 0 Å². The Morgan fingerprint density at radius 2 is 1.77 bits per heavy atom. The Balaban J connectivity index is 1.82. The van der Waals surface area contributed by atoms with Crippen molar-refractivity contribution in [2.45, 2.75) is 24.8 Å². The zero-order chi connectivity index (χ0) is 21.7. The van der Waals surface area contributed by atoms with Crippen molar-refractivity contribution in [2.24, 2.45) is 0 Å². The lowest BCUT2D eigenvalue weighted by molar-refractivity contribution is -0.137. The minimum absolute atomic E-state index is 0.0587. The van der Waals surface area contributed by atoms with Crippen LogP contribution in [0.4, 0.5) is 13.2 Å². The second-order valence-electron chi connectivity index (χ2n) is 6.12. The summed E-state index contributed by atoms with van der Waals surface area (Å²) in [6.45, 7) is 1.99. The van der Waals surface area contributed by atoms with Gasteiger partial charge in [0.15, 0.2) is 11.0 Å². The minimum atomic E-state index is -4.41. The van der Waals surface area contributed by atoms with Crippen molar-refractivity contribution < 1.29 is 22.7 Å². The summed E-state index contributed by atoms with van der Waals surface area (Å²) in [6.07, 6.45) is -4.41. The maximum absolute atomic E-state index is 12.9. The molecule has 0 atom stereocenters. The molecular weight excluding hydrogens is 417 g/mol. The molecule has 0 aliphatic carbocycles. The second-order valence-corrected chi connectivity index (χ2v) is 7.35. The van der Waals surface area contributed by atoms with Gasteiger partial charge >= 0.3 is 6.18 Å². The third kappa shape index (κ3) is 4.93. The van der Waals surface area contributed by atoms with E-state index in [1.807, 2.05) is 6.92 Å². The van der Waals surface area contributed by atoms with Gasteiger partial charge in [0, 0.05) is 11.3 Å². The Kier molecular flexibility index (Phi) is 6.66. The smallest absolute Gasteiger partial charge is 0.416 e. The number of benzene rings is 2. The van der Waals surface area contributed by atoms with Crippen molar-refractivity contribution in [2.75, 3.05) is 12.9 Å². The highest BCUT2D eigenvalue weighted by Crippen LogP contribution is 2.30. The Hall–Kier alpha value is -3.01. The van der Waals surface area contributed by atoms with Crippen molar-refractivity contribution in [3.8, 4) is 11.4 Å². The minimum Gasteiger partial charge on any atom is -0.497 e. The van der Waals surface area contributed by atoms with Gasteiger partial charge in [-0.2, -0.15) is 13.2 Å². The summed E-state index contributed by atoms with van der Waals surface area (Å²) in [7, 11) is 1.54. The van der Waals surface area contributed by atoms with Gasteiger partial charge in [0.05, 0.1) is 19.2 Å². The standard InChI is InChI=1S/C20H19F3N4O2S/c1-3-30-19-26-25-17(12-24-18(28)13-4-10-16(29-2)11-5-13)27(19)15-8-6-14(7-9-15)20(21,22)23/h4-11H,3,12H2,1-2H3,(H,24,28). The molecule has 0 unspecified atom stereocenters. The summed E-state index contributed by atoms with van der Waals surface area (Å²) >= 11 is 1.40. The fourth-order valence-electron chi connectivity index (χ4n) is 2.70.